The van der Waals surface area contributed by atoms with E-state index in [4.69, 9.17) is 34.8 Å². The number of aliphatic carboxylic acids is 1. The third kappa shape index (κ3) is 4.62. The summed E-state index contributed by atoms with van der Waals surface area (Å²) in [4.78, 5) is 11.1. The second-order valence-corrected chi connectivity index (χ2v) is 7.80. The van der Waals surface area contributed by atoms with E-state index in [1.165, 1.54) is 6.07 Å². The Bertz CT molecular complexity index is 857. The molecule has 2 N–H and O–H groups in total. The van der Waals surface area contributed by atoms with Crippen LogP contribution in [0, 0.1) is 0 Å². The zero-order valence-corrected chi connectivity index (χ0v) is 15.1. The molecule has 0 bridgehead atoms. The standard InChI is InChI=1S/C15H12Cl3NO4S/c16-10-7-12(18)14(8-11(10)17)24(22,23)19-13(15(20)21)6-9-4-2-1-3-5-9/h1-5,7-8,13,19H,6H2,(H,20,21)/t13-/m1/s1. The molecule has 128 valence electrons. The average Bonchev–Trinajstić information content (AvgIpc) is 2.51. The first-order valence-electron chi connectivity index (χ1n) is 6.64. The highest BCUT2D eigenvalue weighted by Crippen LogP contribution is 2.31. The number of nitrogens with one attached hydrogen (secondary N) is 1. The number of halogens is 3. The first-order chi connectivity index (χ1) is 11.2. The molecule has 0 aliphatic carbocycles. The number of hydrogen-bond donors (Lipinski definition) is 2. The fourth-order valence-electron chi connectivity index (χ4n) is 1.99. The molecule has 0 aliphatic rings. The topological polar surface area (TPSA) is 83.5 Å². The van der Waals surface area contributed by atoms with Crippen molar-refractivity contribution < 1.29 is 18.3 Å². The van der Waals surface area contributed by atoms with Crippen LogP contribution in [0.3, 0.4) is 0 Å². The summed E-state index contributed by atoms with van der Waals surface area (Å²) >= 11 is 17.5. The Morgan fingerprint density at radius 2 is 1.62 bits per heavy atom. The predicted molar refractivity (Wildman–Crippen MR) is 93.4 cm³/mol. The largest absolute Gasteiger partial charge is 0.480 e. The lowest BCUT2D eigenvalue weighted by atomic mass is 10.1. The Labute approximate surface area is 154 Å². The molecule has 0 spiro atoms. The Hall–Kier alpha value is -1.31. The highest BCUT2D eigenvalue weighted by Gasteiger charge is 2.28. The van der Waals surface area contributed by atoms with Gasteiger partial charge in [-0.25, -0.2) is 8.42 Å². The molecule has 0 unspecified atom stereocenters. The maximum atomic E-state index is 12.5. The van der Waals surface area contributed by atoms with E-state index < -0.39 is 22.0 Å². The number of carboxylic acid groups (broad SMARTS) is 1. The third-order valence-electron chi connectivity index (χ3n) is 3.14. The molecule has 1 atom stereocenters. The van der Waals surface area contributed by atoms with Crippen molar-refractivity contribution in [2.75, 3.05) is 0 Å². The summed E-state index contributed by atoms with van der Waals surface area (Å²) in [6, 6.07) is 9.56. The Morgan fingerprint density at radius 3 is 2.21 bits per heavy atom. The number of rotatable bonds is 6. The minimum absolute atomic E-state index is 0.00336. The molecule has 2 aromatic carbocycles. The van der Waals surface area contributed by atoms with Gasteiger partial charge in [0.1, 0.15) is 10.9 Å². The van der Waals surface area contributed by atoms with Crippen LogP contribution in [-0.4, -0.2) is 25.5 Å². The van der Waals surface area contributed by atoms with Crippen molar-refractivity contribution in [1.82, 2.24) is 4.72 Å². The van der Waals surface area contributed by atoms with Gasteiger partial charge in [0.2, 0.25) is 10.0 Å². The highest BCUT2D eigenvalue weighted by molar-refractivity contribution is 7.89. The smallest absolute Gasteiger partial charge is 0.322 e. The van der Waals surface area contributed by atoms with E-state index in [0.29, 0.717) is 5.56 Å². The summed E-state index contributed by atoms with van der Waals surface area (Å²) in [6.45, 7) is 0. The fraction of sp³-hybridized carbons (Fsp3) is 0.133. The van der Waals surface area contributed by atoms with Gasteiger partial charge in [-0.3, -0.25) is 4.79 Å². The molecule has 0 fully saturated rings. The van der Waals surface area contributed by atoms with E-state index in [9.17, 15) is 18.3 Å². The lowest BCUT2D eigenvalue weighted by Crippen LogP contribution is -2.42. The van der Waals surface area contributed by atoms with Crippen LogP contribution >= 0.6 is 34.8 Å². The highest BCUT2D eigenvalue weighted by atomic mass is 35.5. The van der Waals surface area contributed by atoms with Crippen LogP contribution in [0.15, 0.2) is 47.4 Å². The summed E-state index contributed by atoms with van der Waals surface area (Å²) < 4.78 is 27.1. The van der Waals surface area contributed by atoms with E-state index in [2.05, 4.69) is 4.72 Å². The lowest BCUT2D eigenvalue weighted by Gasteiger charge is -2.16. The zero-order chi connectivity index (χ0) is 17.9. The van der Waals surface area contributed by atoms with Crippen LogP contribution in [0.25, 0.3) is 0 Å². The van der Waals surface area contributed by atoms with E-state index in [1.807, 2.05) is 0 Å². The van der Waals surface area contributed by atoms with E-state index in [1.54, 1.807) is 30.3 Å². The molecule has 0 radical (unpaired) electrons. The van der Waals surface area contributed by atoms with Gasteiger partial charge in [0, 0.05) is 0 Å². The van der Waals surface area contributed by atoms with Gasteiger partial charge in [0.15, 0.2) is 0 Å². The molecule has 0 aromatic heterocycles. The summed E-state index contributed by atoms with van der Waals surface area (Å²) in [6.07, 6.45) is -0.0195. The zero-order valence-electron chi connectivity index (χ0n) is 12.0. The van der Waals surface area contributed by atoms with Crippen molar-refractivity contribution in [3.63, 3.8) is 0 Å². The first-order valence-corrected chi connectivity index (χ1v) is 9.26. The van der Waals surface area contributed by atoms with Crippen molar-refractivity contribution in [2.45, 2.75) is 17.4 Å². The van der Waals surface area contributed by atoms with Crippen molar-refractivity contribution in [2.24, 2.45) is 0 Å². The maximum Gasteiger partial charge on any atom is 0.322 e. The molecular formula is C15H12Cl3NO4S. The molecule has 0 saturated carbocycles. The second kappa shape index (κ2) is 7.72. The molecule has 0 heterocycles. The van der Waals surface area contributed by atoms with Gasteiger partial charge in [0.05, 0.1) is 15.1 Å². The number of carboxylic acids is 1. The van der Waals surface area contributed by atoms with Crippen molar-refractivity contribution in [3.05, 3.63) is 63.1 Å². The molecule has 2 rings (SSSR count). The Morgan fingerprint density at radius 1 is 1.04 bits per heavy atom. The summed E-state index contributed by atoms with van der Waals surface area (Å²) in [7, 11) is -4.20. The van der Waals surface area contributed by atoms with Gasteiger partial charge in [0.25, 0.3) is 0 Å². The van der Waals surface area contributed by atoms with E-state index >= 15 is 0 Å². The van der Waals surface area contributed by atoms with Crippen molar-refractivity contribution in [1.29, 1.82) is 0 Å². The third-order valence-corrected chi connectivity index (χ3v) is 5.80. The van der Waals surface area contributed by atoms with Crippen molar-refractivity contribution >= 4 is 50.8 Å². The molecule has 2 aromatic rings. The van der Waals surface area contributed by atoms with Crippen LogP contribution in [0.1, 0.15) is 5.56 Å². The van der Waals surface area contributed by atoms with Gasteiger partial charge < -0.3 is 5.11 Å². The first kappa shape index (κ1) is 19.0. The van der Waals surface area contributed by atoms with Crippen LogP contribution < -0.4 is 4.72 Å². The predicted octanol–water partition coefficient (Wildman–Crippen LogP) is 3.62. The number of carbonyl (C=O) groups is 1. The van der Waals surface area contributed by atoms with Crippen LogP contribution in [0.5, 0.6) is 0 Å². The quantitative estimate of drug-likeness (QED) is 0.715. The van der Waals surface area contributed by atoms with E-state index in [0.717, 1.165) is 6.07 Å². The molecule has 5 nitrogen and oxygen atoms in total. The fourth-order valence-corrected chi connectivity index (χ4v) is 4.18. The molecule has 9 heteroatoms. The Balaban J connectivity index is 2.31. The monoisotopic (exact) mass is 407 g/mol. The second-order valence-electron chi connectivity index (χ2n) is 4.90. The normalized spacial score (nSPS) is 12.8. The number of sulfonamides is 1. The van der Waals surface area contributed by atoms with Gasteiger partial charge in [-0.15, -0.1) is 0 Å². The number of benzene rings is 2. The molecule has 0 aliphatic heterocycles. The molecular weight excluding hydrogens is 397 g/mol. The molecule has 0 amide bonds. The van der Waals surface area contributed by atoms with Crippen molar-refractivity contribution in [3.8, 4) is 0 Å². The van der Waals surface area contributed by atoms with E-state index in [-0.39, 0.29) is 26.4 Å². The minimum Gasteiger partial charge on any atom is -0.480 e. The molecule has 24 heavy (non-hydrogen) atoms. The SMILES string of the molecule is O=C(O)[C@@H](Cc1ccccc1)NS(=O)(=O)c1cc(Cl)c(Cl)cc1Cl. The van der Waals surface area contributed by atoms with Gasteiger partial charge >= 0.3 is 5.97 Å². The Kier molecular flexibility index (Phi) is 6.11. The van der Waals surface area contributed by atoms with Gasteiger partial charge in [-0.05, 0) is 24.1 Å². The number of hydrogen-bond acceptors (Lipinski definition) is 3. The summed E-state index contributed by atoms with van der Waals surface area (Å²) in [5.41, 5.74) is 0.674. The minimum atomic E-state index is -4.20. The molecule has 0 saturated heterocycles. The average molecular weight is 409 g/mol. The van der Waals surface area contributed by atoms with Crippen LogP contribution in [-0.2, 0) is 21.2 Å². The van der Waals surface area contributed by atoms with Crippen LogP contribution in [0.4, 0.5) is 0 Å². The summed E-state index contributed by atoms with van der Waals surface area (Å²) in [5.74, 6) is -1.31. The maximum absolute atomic E-state index is 12.5. The van der Waals surface area contributed by atoms with Crippen LogP contribution in [0.2, 0.25) is 15.1 Å². The lowest BCUT2D eigenvalue weighted by molar-refractivity contribution is -0.138. The van der Waals surface area contributed by atoms with Gasteiger partial charge in [-0.2, -0.15) is 4.72 Å². The summed E-state index contributed by atoms with van der Waals surface area (Å²) in [5, 5.41) is 9.25. The van der Waals surface area contributed by atoms with Gasteiger partial charge in [-0.1, -0.05) is 65.1 Å².